The van der Waals surface area contributed by atoms with Crippen LogP contribution in [0.4, 0.5) is 0 Å². The Labute approximate surface area is 120 Å². The summed E-state index contributed by atoms with van der Waals surface area (Å²) in [4.78, 5) is 14.1. The van der Waals surface area contributed by atoms with Crippen molar-refractivity contribution in [3.8, 4) is 6.07 Å². The van der Waals surface area contributed by atoms with Crippen molar-refractivity contribution in [1.82, 2.24) is 4.90 Å². The molecular weight excluding hydrogens is 252 g/mol. The maximum Gasteiger partial charge on any atom is 0.223 e. The van der Waals surface area contributed by atoms with Crippen LogP contribution in [0.5, 0.6) is 0 Å². The third-order valence-electron chi connectivity index (χ3n) is 4.01. The molecule has 0 saturated heterocycles. The predicted molar refractivity (Wildman–Crippen MR) is 75.5 cm³/mol. The molecule has 1 heterocycles. The van der Waals surface area contributed by atoms with Crippen LogP contribution >= 0.6 is 0 Å². The molecule has 1 aromatic heterocycles. The first-order valence-electron chi connectivity index (χ1n) is 7.46. The molecule has 108 valence electrons. The average molecular weight is 274 g/mol. The van der Waals surface area contributed by atoms with Crippen LogP contribution < -0.4 is 0 Å². The lowest BCUT2D eigenvalue weighted by Crippen LogP contribution is -2.31. The highest BCUT2D eigenvalue weighted by molar-refractivity contribution is 5.76. The van der Waals surface area contributed by atoms with Crippen LogP contribution in [0.15, 0.2) is 22.8 Å². The van der Waals surface area contributed by atoms with Gasteiger partial charge in [0.1, 0.15) is 5.76 Å². The van der Waals surface area contributed by atoms with Gasteiger partial charge in [-0.2, -0.15) is 5.26 Å². The van der Waals surface area contributed by atoms with E-state index in [0.717, 1.165) is 18.1 Å². The molecule has 1 aromatic rings. The molecule has 1 amide bonds. The summed E-state index contributed by atoms with van der Waals surface area (Å²) in [5.74, 6) is 1.64. The van der Waals surface area contributed by atoms with Crippen molar-refractivity contribution in [3.05, 3.63) is 24.2 Å². The zero-order valence-electron chi connectivity index (χ0n) is 11.9. The van der Waals surface area contributed by atoms with Crippen LogP contribution in [0.3, 0.4) is 0 Å². The van der Waals surface area contributed by atoms with Crippen LogP contribution in [-0.4, -0.2) is 17.4 Å². The molecule has 0 unspecified atom stereocenters. The molecule has 0 spiro atoms. The second-order valence-corrected chi connectivity index (χ2v) is 5.49. The summed E-state index contributed by atoms with van der Waals surface area (Å²) < 4.78 is 5.30. The largest absolute Gasteiger partial charge is 0.467 e. The number of nitrogens with zero attached hydrogens (tertiary/aromatic N) is 2. The van der Waals surface area contributed by atoms with Gasteiger partial charge < -0.3 is 9.32 Å². The van der Waals surface area contributed by atoms with Gasteiger partial charge in [-0.15, -0.1) is 0 Å². The van der Waals surface area contributed by atoms with Crippen molar-refractivity contribution >= 4 is 5.91 Å². The number of carbonyl (C=O) groups excluding carboxylic acids is 1. The van der Waals surface area contributed by atoms with Gasteiger partial charge in [0.25, 0.3) is 0 Å². The third kappa shape index (κ3) is 4.41. The van der Waals surface area contributed by atoms with Gasteiger partial charge in [-0.25, -0.2) is 0 Å². The number of hydrogen-bond donors (Lipinski definition) is 0. The summed E-state index contributed by atoms with van der Waals surface area (Å²) in [6.45, 7) is 0.957. The van der Waals surface area contributed by atoms with Crippen LogP contribution in [0.1, 0.15) is 50.7 Å². The summed E-state index contributed by atoms with van der Waals surface area (Å²) in [7, 11) is 0. The van der Waals surface area contributed by atoms with E-state index in [1.165, 1.54) is 25.7 Å². The molecule has 4 nitrogen and oxygen atoms in total. The van der Waals surface area contributed by atoms with Gasteiger partial charge in [0.2, 0.25) is 5.91 Å². The molecule has 1 fully saturated rings. The maximum atomic E-state index is 12.3. The van der Waals surface area contributed by atoms with Gasteiger partial charge in [0.15, 0.2) is 0 Å². The normalized spacial score (nSPS) is 15.2. The molecule has 1 aliphatic rings. The van der Waals surface area contributed by atoms with Gasteiger partial charge in [-0.1, -0.05) is 25.7 Å². The van der Waals surface area contributed by atoms with Crippen LogP contribution in [0.2, 0.25) is 0 Å². The third-order valence-corrected chi connectivity index (χ3v) is 4.01. The van der Waals surface area contributed by atoms with E-state index in [9.17, 15) is 4.79 Å². The summed E-state index contributed by atoms with van der Waals surface area (Å²) in [6.07, 6.45) is 8.72. The van der Waals surface area contributed by atoms with Gasteiger partial charge >= 0.3 is 0 Å². The minimum Gasteiger partial charge on any atom is -0.467 e. The maximum absolute atomic E-state index is 12.3. The molecule has 1 aliphatic carbocycles. The summed E-state index contributed by atoms with van der Waals surface area (Å²) in [5, 5.41) is 8.71. The number of amides is 1. The quantitative estimate of drug-likeness (QED) is 0.764. The van der Waals surface area contributed by atoms with Gasteiger partial charge in [-0.3, -0.25) is 4.79 Å². The summed E-state index contributed by atoms with van der Waals surface area (Å²) in [5.41, 5.74) is 0. The van der Waals surface area contributed by atoms with E-state index in [4.69, 9.17) is 9.68 Å². The van der Waals surface area contributed by atoms with Crippen molar-refractivity contribution in [1.29, 1.82) is 5.26 Å². The van der Waals surface area contributed by atoms with Crippen LogP contribution in [0, 0.1) is 17.2 Å². The first-order chi connectivity index (χ1) is 9.79. The van der Waals surface area contributed by atoms with Gasteiger partial charge in [0, 0.05) is 13.0 Å². The van der Waals surface area contributed by atoms with Crippen molar-refractivity contribution < 1.29 is 9.21 Å². The smallest absolute Gasteiger partial charge is 0.223 e. The lowest BCUT2D eigenvalue weighted by atomic mass is 10.0. The molecule has 0 radical (unpaired) electrons. The molecule has 0 atom stereocenters. The Hall–Kier alpha value is -1.76. The van der Waals surface area contributed by atoms with Crippen molar-refractivity contribution in [2.45, 2.75) is 51.5 Å². The molecule has 0 aliphatic heterocycles. The van der Waals surface area contributed by atoms with E-state index in [2.05, 4.69) is 6.07 Å². The van der Waals surface area contributed by atoms with E-state index in [1.54, 1.807) is 11.2 Å². The monoisotopic (exact) mass is 274 g/mol. The minimum absolute atomic E-state index is 0.142. The highest BCUT2D eigenvalue weighted by Gasteiger charge is 2.19. The molecule has 1 saturated carbocycles. The molecule has 0 bridgehead atoms. The fourth-order valence-electron chi connectivity index (χ4n) is 2.85. The van der Waals surface area contributed by atoms with Gasteiger partial charge in [0.05, 0.1) is 25.3 Å². The number of carbonyl (C=O) groups is 1. The average Bonchev–Trinajstić information content (AvgIpc) is 3.13. The lowest BCUT2D eigenvalue weighted by molar-refractivity contribution is -0.132. The van der Waals surface area contributed by atoms with Crippen LogP contribution in [-0.2, 0) is 11.3 Å². The van der Waals surface area contributed by atoms with E-state index < -0.39 is 0 Å². The molecular formula is C16H22N2O2. The second-order valence-electron chi connectivity index (χ2n) is 5.49. The highest BCUT2D eigenvalue weighted by atomic mass is 16.3. The van der Waals surface area contributed by atoms with Gasteiger partial charge in [-0.05, 0) is 24.5 Å². The fraction of sp³-hybridized carbons (Fsp3) is 0.625. The number of hydrogen-bond acceptors (Lipinski definition) is 3. The Morgan fingerprint density at radius 1 is 1.45 bits per heavy atom. The van der Waals surface area contributed by atoms with E-state index in [1.807, 2.05) is 12.1 Å². The predicted octanol–water partition coefficient (Wildman–Crippen LogP) is 3.49. The van der Waals surface area contributed by atoms with Crippen molar-refractivity contribution in [2.75, 3.05) is 6.54 Å². The topological polar surface area (TPSA) is 57.2 Å². The Kier molecular flexibility index (Phi) is 5.67. The summed E-state index contributed by atoms with van der Waals surface area (Å²) >= 11 is 0. The molecule has 0 aromatic carbocycles. The number of furan rings is 1. The van der Waals surface area contributed by atoms with E-state index in [0.29, 0.717) is 25.9 Å². The van der Waals surface area contributed by atoms with E-state index in [-0.39, 0.29) is 5.91 Å². The zero-order valence-corrected chi connectivity index (χ0v) is 11.9. The number of nitriles is 1. The first-order valence-corrected chi connectivity index (χ1v) is 7.46. The highest BCUT2D eigenvalue weighted by Crippen LogP contribution is 2.28. The van der Waals surface area contributed by atoms with E-state index >= 15 is 0 Å². The molecule has 4 heteroatoms. The molecule has 2 rings (SSSR count). The SMILES string of the molecule is N#CCCN(Cc1ccco1)C(=O)CCC1CCCC1. The number of rotatable bonds is 7. The Bertz CT molecular complexity index is 442. The first kappa shape index (κ1) is 14.6. The molecule has 0 N–H and O–H groups in total. The van der Waals surface area contributed by atoms with Crippen molar-refractivity contribution in [3.63, 3.8) is 0 Å². The second kappa shape index (κ2) is 7.74. The Morgan fingerprint density at radius 3 is 2.90 bits per heavy atom. The standard InChI is InChI=1S/C16H22N2O2/c17-10-4-11-18(13-15-7-3-12-20-15)16(19)9-8-14-5-1-2-6-14/h3,7,12,14H,1-2,4-6,8-9,11,13H2. The fourth-order valence-corrected chi connectivity index (χ4v) is 2.85. The zero-order chi connectivity index (χ0) is 14.2. The minimum atomic E-state index is 0.142. The van der Waals surface area contributed by atoms with Crippen molar-refractivity contribution in [2.24, 2.45) is 5.92 Å². The molecule has 20 heavy (non-hydrogen) atoms. The summed E-state index contributed by atoms with van der Waals surface area (Å²) in [6, 6.07) is 5.79. The van der Waals surface area contributed by atoms with Crippen LogP contribution in [0.25, 0.3) is 0 Å². The lowest BCUT2D eigenvalue weighted by Gasteiger charge is -2.21. The Morgan fingerprint density at radius 2 is 2.25 bits per heavy atom. The Balaban J connectivity index is 1.84.